The second kappa shape index (κ2) is 5.89. The summed E-state index contributed by atoms with van der Waals surface area (Å²) >= 11 is 0.975. The first kappa shape index (κ1) is 15.9. The third kappa shape index (κ3) is 3.67. The molecule has 9 heteroatoms. The zero-order chi connectivity index (χ0) is 16.6. The number of benzene rings is 1. The Morgan fingerprint density at radius 3 is 2.57 bits per heavy atom. The maximum Gasteiger partial charge on any atom is 0.263 e. The largest absolute Gasteiger partial charge is 0.349 e. The lowest BCUT2D eigenvalue weighted by atomic mass is 10.4. The number of hydrogen-bond donors (Lipinski definition) is 2. The predicted molar refractivity (Wildman–Crippen MR) is 84.5 cm³/mol. The summed E-state index contributed by atoms with van der Waals surface area (Å²) in [5.74, 6) is -0.761. The average Bonchev–Trinajstić information content (AvgIpc) is 3.21. The number of amides is 1. The Kier molecular flexibility index (Phi) is 4.07. The Labute approximate surface area is 136 Å². The van der Waals surface area contributed by atoms with Crippen LogP contribution in [0.25, 0.3) is 0 Å². The number of aromatic nitrogens is 1. The first-order chi connectivity index (χ1) is 10.8. The van der Waals surface area contributed by atoms with E-state index in [1.807, 2.05) is 0 Å². The van der Waals surface area contributed by atoms with Crippen molar-refractivity contribution in [3.63, 3.8) is 0 Å². The molecule has 3 rings (SSSR count). The summed E-state index contributed by atoms with van der Waals surface area (Å²) in [4.78, 5) is 16.4. The third-order valence-electron chi connectivity index (χ3n) is 3.26. The van der Waals surface area contributed by atoms with E-state index >= 15 is 0 Å². The summed E-state index contributed by atoms with van der Waals surface area (Å²) in [5, 5.41) is 2.94. The van der Waals surface area contributed by atoms with E-state index in [1.165, 1.54) is 12.1 Å². The van der Waals surface area contributed by atoms with Gasteiger partial charge >= 0.3 is 0 Å². The minimum absolute atomic E-state index is 0.0734. The van der Waals surface area contributed by atoms with Gasteiger partial charge in [-0.15, -0.1) is 0 Å². The quantitative estimate of drug-likeness (QED) is 0.861. The summed E-state index contributed by atoms with van der Waals surface area (Å²) in [6, 6.07) is 4.67. The highest BCUT2D eigenvalue weighted by molar-refractivity contribution is 7.93. The van der Waals surface area contributed by atoms with Crippen LogP contribution in [0.15, 0.2) is 29.2 Å². The summed E-state index contributed by atoms with van der Waals surface area (Å²) in [5.41, 5.74) is 0.463. The SMILES string of the molecule is Cc1nc(NS(=O)(=O)c2ccc(F)cc2)sc1C(=O)NC1CC1. The van der Waals surface area contributed by atoms with E-state index in [0.717, 1.165) is 36.3 Å². The number of carbonyl (C=O) groups is 1. The molecule has 2 N–H and O–H groups in total. The van der Waals surface area contributed by atoms with Crippen molar-refractivity contribution in [2.45, 2.75) is 30.7 Å². The number of hydrogen-bond acceptors (Lipinski definition) is 5. The van der Waals surface area contributed by atoms with Gasteiger partial charge in [0.15, 0.2) is 5.13 Å². The minimum atomic E-state index is -3.87. The molecule has 2 aromatic rings. The Morgan fingerprint density at radius 2 is 1.96 bits per heavy atom. The average molecular weight is 355 g/mol. The van der Waals surface area contributed by atoms with Crippen molar-refractivity contribution in [3.05, 3.63) is 40.7 Å². The molecule has 0 aliphatic heterocycles. The summed E-state index contributed by atoms with van der Waals surface area (Å²) in [6.07, 6.45) is 1.93. The first-order valence-corrected chi connectivity index (χ1v) is 9.22. The molecule has 0 atom stereocenters. The molecule has 122 valence electrons. The van der Waals surface area contributed by atoms with Crippen LogP contribution in [-0.4, -0.2) is 25.4 Å². The molecule has 0 bridgehead atoms. The van der Waals surface area contributed by atoms with E-state index in [2.05, 4.69) is 15.0 Å². The van der Waals surface area contributed by atoms with Crippen LogP contribution in [0.5, 0.6) is 0 Å². The molecule has 1 aliphatic rings. The van der Waals surface area contributed by atoms with Gasteiger partial charge in [0.2, 0.25) is 0 Å². The molecule has 1 amide bonds. The molecule has 23 heavy (non-hydrogen) atoms. The lowest BCUT2D eigenvalue weighted by molar-refractivity contribution is 0.0954. The fraction of sp³-hybridized carbons (Fsp3) is 0.286. The van der Waals surface area contributed by atoms with Crippen molar-refractivity contribution in [2.75, 3.05) is 4.72 Å². The Hall–Kier alpha value is -2.00. The van der Waals surface area contributed by atoms with Crippen LogP contribution in [0.3, 0.4) is 0 Å². The molecule has 0 saturated heterocycles. The Morgan fingerprint density at radius 1 is 1.30 bits per heavy atom. The van der Waals surface area contributed by atoms with Crippen molar-refractivity contribution in [2.24, 2.45) is 0 Å². The lowest BCUT2D eigenvalue weighted by Gasteiger charge is -2.04. The smallest absolute Gasteiger partial charge is 0.263 e. The maximum atomic E-state index is 12.9. The molecule has 0 radical (unpaired) electrons. The number of rotatable bonds is 5. The van der Waals surface area contributed by atoms with Gasteiger partial charge in [-0.25, -0.2) is 17.8 Å². The van der Waals surface area contributed by atoms with Gasteiger partial charge in [0.25, 0.3) is 15.9 Å². The van der Waals surface area contributed by atoms with Crippen LogP contribution >= 0.6 is 11.3 Å². The van der Waals surface area contributed by atoms with Gasteiger partial charge in [-0.3, -0.25) is 9.52 Å². The zero-order valence-corrected chi connectivity index (χ0v) is 13.8. The Balaban J connectivity index is 1.79. The highest BCUT2D eigenvalue weighted by atomic mass is 32.2. The van der Waals surface area contributed by atoms with E-state index in [1.54, 1.807) is 6.92 Å². The molecule has 1 saturated carbocycles. The Bertz CT molecular complexity index is 843. The fourth-order valence-corrected chi connectivity index (χ4v) is 4.02. The van der Waals surface area contributed by atoms with Crippen molar-refractivity contribution >= 4 is 32.4 Å². The third-order valence-corrected chi connectivity index (χ3v) is 5.82. The molecule has 1 aromatic carbocycles. The molecule has 6 nitrogen and oxygen atoms in total. The van der Waals surface area contributed by atoms with Gasteiger partial charge in [0.1, 0.15) is 10.7 Å². The second-order valence-corrected chi connectivity index (χ2v) is 7.92. The zero-order valence-electron chi connectivity index (χ0n) is 12.2. The van der Waals surface area contributed by atoms with Crippen LogP contribution in [0.2, 0.25) is 0 Å². The standard InChI is InChI=1S/C14H14FN3O3S2/c1-8-12(13(19)17-10-4-5-10)22-14(16-8)18-23(20,21)11-6-2-9(15)3-7-11/h2-3,6-7,10H,4-5H2,1H3,(H,16,18)(H,17,19). The van der Waals surface area contributed by atoms with Crippen molar-refractivity contribution in [1.82, 2.24) is 10.3 Å². The van der Waals surface area contributed by atoms with Crippen LogP contribution in [0, 0.1) is 12.7 Å². The minimum Gasteiger partial charge on any atom is -0.349 e. The number of thiazole rings is 1. The van der Waals surface area contributed by atoms with E-state index in [-0.39, 0.29) is 22.0 Å². The number of anilines is 1. The van der Waals surface area contributed by atoms with Gasteiger partial charge in [-0.1, -0.05) is 11.3 Å². The second-order valence-electron chi connectivity index (χ2n) is 5.24. The van der Waals surface area contributed by atoms with Crippen LogP contribution in [-0.2, 0) is 10.0 Å². The molecule has 0 spiro atoms. The number of carbonyl (C=O) groups excluding carboxylic acids is 1. The predicted octanol–water partition coefficient (Wildman–Crippen LogP) is 2.28. The first-order valence-electron chi connectivity index (χ1n) is 6.92. The van der Waals surface area contributed by atoms with Crippen LogP contribution in [0.4, 0.5) is 9.52 Å². The number of halogens is 1. The topological polar surface area (TPSA) is 88.2 Å². The maximum absolute atomic E-state index is 12.9. The fourth-order valence-electron chi connectivity index (χ4n) is 1.92. The summed E-state index contributed by atoms with van der Waals surface area (Å²) < 4.78 is 39.6. The number of aryl methyl sites for hydroxylation is 1. The van der Waals surface area contributed by atoms with E-state index in [0.29, 0.717) is 10.6 Å². The highest BCUT2D eigenvalue weighted by Gasteiger charge is 2.26. The molecule has 1 aromatic heterocycles. The summed E-state index contributed by atoms with van der Waals surface area (Å²) in [7, 11) is -3.87. The van der Waals surface area contributed by atoms with E-state index < -0.39 is 15.8 Å². The van der Waals surface area contributed by atoms with Crippen LogP contribution < -0.4 is 10.0 Å². The van der Waals surface area contributed by atoms with Crippen molar-refractivity contribution < 1.29 is 17.6 Å². The lowest BCUT2D eigenvalue weighted by Crippen LogP contribution is -2.25. The molecular formula is C14H14FN3O3S2. The van der Waals surface area contributed by atoms with Gasteiger partial charge in [0.05, 0.1) is 10.6 Å². The normalized spacial score (nSPS) is 14.5. The monoisotopic (exact) mass is 355 g/mol. The van der Waals surface area contributed by atoms with Crippen molar-refractivity contribution in [3.8, 4) is 0 Å². The number of nitrogens with zero attached hydrogens (tertiary/aromatic N) is 1. The molecule has 1 aliphatic carbocycles. The van der Waals surface area contributed by atoms with E-state index in [4.69, 9.17) is 0 Å². The van der Waals surface area contributed by atoms with Crippen LogP contribution in [0.1, 0.15) is 28.2 Å². The van der Waals surface area contributed by atoms with Gasteiger partial charge in [-0.05, 0) is 44.0 Å². The summed E-state index contributed by atoms with van der Waals surface area (Å²) in [6.45, 7) is 1.65. The highest BCUT2D eigenvalue weighted by Crippen LogP contribution is 2.27. The number of nitrogens with one attached hydrogen (secondary N) is 2. The van der Waals surface area contributed by atoms with Gasteiger partial charge < -0.3 is 5.32 Å². The number of sulfonamides is 1. The molecule has 1 fully saturated rings. The molecule has 0 unspecified atom stereocenters. The van der Waals surface area contributed by atoms with Crippen molar-refractivity contribution in [1.29, 1.82) is 0 Å². The molecule has 1 heterocycles. The van der Waals surface area contributed by atoms with E-state index in [9.17, 15) is 17.6 Å². The van der Waals surface area contributed by atoms with Gasteiger partial charge in [0, 0.05) is 6.04 Å². The van der Waals surface area contributed by atoms with Gasteiger partial charge in [-0.2, -0.15) is 0 Å². The molecular weight excluding hydrogens is 341 g/mol.